The Balaban J connectivity index is 4.60. The maximum Gasteiger partial charge on any atom is 0.306 e. The number of hydrogen-bond acceptors (Lipinski definition) is 5. The van der Waals surface area contributed by atoms with Gasteiger partial charge in [-0.1, -0.05) is 262 Å². The Labute approximate surface area is 385 Å². The van der Waals surface area contributed by atoms with E-state index in [1.54, 1.807) is 0 Å². The molecule has 62 heavy (non-hydrogen) atoms. The van der Waals surface area contributed by atoms with Crippen LogP contribution in [-0.4, -0.2) is 46.9 Å². The molecule has 0 aliphatic carbocycles. The highest BCUT2D eigenvalue weighted by Crippen LogP contribution is 2.18. The van der Waals surface area contributed by atoms with Gasteiger partial charge in [-0.05, 0) is 44.9 Å². The maximum atomic E-state index is 13.2. The van der Waals surface area contributed by atoms with E-state index in [0.717, 1.165) is 64.2 Å². The van der Waals surface area contributed by atoms with Crippen LogP contribution in [0.5, 0.6) is 0 Å². The summed E-state index contributed by atoms with van der Waals surface area (Å²) in [5.41, 5.74) is 0. The van der Waals surface area contributed by atoms with Crippen LogP contribution < -0.4 is 5.32 Å². The summed E-state index contributed by atoms with van der Waals surface area (Å²) in [7, 11) is 0. The van der Waals surface area contributed by atoms with Crippen LogP contribution in [0.25, 0.3) is 0 Å². The van der Waals surface area contributed by atoms with Crippen molar-refractivity contribution in [2.24, 2.45) is 0 Å². The van der Waals surface area contributed by atoms with Gasteiger partial charge in [0.15, 0.2) is 0 Å². The Morgan fingerprint density at radius 3 is 1.31 bits per heavy atom. The molecule has 0 radical (unpaired) electrons. The Hall–Kier alpha value is -2.18. The van der Waals surface area contributed by atoms with E-state index in [9.17, 15) is 19.8 Å². The molecule has 0 spiro atoms. The zero-order valence-corrected chi connectivity index (χ0v) is 41.3. The molecule has 0 aliphatic heterocycles. The molecule has 0 aromatic carbocycles. The molecule has 0 aliphatic rings. The first kappa shape index (κ1) is 59.8. The summed E-state index contributed by atoms with van der Waals surface area (Å²) in [5, 5.41) is 23.8. The van der Waals surface area contributed by atoms with Gasteiger partial charge in [0.2, 0.25) is 5.91 Å². The molecule has 0 rings (SSSR count). The minimum Gasteiger partial charge on any atom is -0.462 e. The van der Waals surface area contributed by atoms with Gasteiger partial charge in [-0.2, -0.15) is 0 Å². The Kier molecular flexibility index (Phi) is 48.1. The average Bonchev–Trinajstić information content (AvgIpc) is 3.26. The average molecular weight is 870 g/mol. The lowest BCUT2D eigenvalue weighted by Crippen LogP contribution is -2.46. The smallest absolute Gasteiger partial charge is 0.306 e. The second-order valence-electron chi connectivity index (χ2n) is 18.4. The highest BCUT2D eigenvalue weighted by atomic mass is 16.5. The summed E-state index contributed by atoms with van der Waals surface area (Å²) >= 11 is 0. The minimum absolute atomic E-state index is 0.0644. The van der Waals surface area contributed by atoms with E-state index in [2.05, 4.69) is 50.4 Å². The number of ether oxygens (including phenoxy) is 1. The van der Waals surface area contributed by atoms with Crippen LogP contribution in [0.1, 0.15) is 271 Å². The lowest BCUT2D eigenvalue weighted by Gasteiger charge is -2.24. The van der Waals surface area contributed by atoms with Crippen LogP contribution >= 0.6 is 0 Å². The second-order valence-corrected chi connectivity index (χ2v) is 18.4. The van der Waals surface area contributed by atoms with Crippen LogP contribution in [0.3, 0.4) is 0 Å². The molecule has 0 aromatic rings. The topological polar surface area (TPSA) is 95.9 Å². The lowest BCUT2D eigenvalue weighted by molar-refractivity contribution is -0.151. The van der Waals surface area contributed by atoms with Crippen molar-refractivity contribution in [2.45, 2.75) is 289 Å². The van der Waals surface area contributed by atoms with Gasteiger partial charge >= 0.3 is 5.97 Å². The fourth-order valence-corrected chi connectivity index (χ4v) is 8.21. The SMILES string of the molecule is CC/C=C/C=C/C=C\C=C/CCCCCC(=O)OC(CCCCCCCCCCCCCCCCCCC)CC(=O)NC(CO)C(O)CCCCCCCCCCCCCCC. The van der Waals surface area contributed by atoms with Gasteiger partial charge in [0.1, 0.15) is 6.10 Å². The number of unbranched alkanes of at least 4 members (excludes halogenated alkanes) is 31. The van der Waals surface area contributed by atoms with Crippen molar-refractivity contribution in [3.05, 3.63) is 48.6 Å². The van der Waals surface area contributed by atoms with Crippen molar-refractivity contribution < 1.29 is 24.5 Å². The van der Waals surface area contributed by atoms with E-state index in [4.69, 9.17) is 4.74 Å². The largest absolute Gasteiger partial charge is 0.462 e. The lowest BCUT2D eigenvalue weighted by atomic mass is 10.0. The minimum atomic E-state index is -0.793. The van der Waals surface area contributed by atoms with Gasteiger partial charge in [0, 0.05) is 6.42 Å². The predicted octanol–water partition coefficient (Wildman–Crippen LogP) is 16.2. The van der Waals surface area contributed by atoms with Crippen LogP contribution in [0, 0.1) is 0 Å². The molecule has 0 aromatic heterocycles. The van der Waals surface area contributed by atoms with E-state index in [-0.39, 0.29) is 24.9 Å². The van der Waals surface area contributed by atoms with Gasteiger partial charge in [0.25, 0.3) is 0 Å². The number of carbonyl (C=O) groups is 2. The fourth-order valence-electron chi connectivity index (χ4n) is 8.21. The quantitative estimate of drug-likeness (QED) is 0.0322. The summed E-state index contributed by atoms with van der Waals surface area (Å²) in [4.78, 5) is 26.2. The van der Waals surface area contributed by atoms with E-state index < -0.39 is 18.2 Å². The van der Waals surface area contributed by atoms with Gasteiger partial charge in [0.05, 0.1) is 25.2 Å². The molecule has 3 N–H and O–H groups in total. The summed E-state index contributed by atoms with van der Waals surface area (Å²) in [5.74, 6) is -0.509. The van der Waals surface area contributed by atoms with Crippen LogP contribution in [0.4, 0.5) is 0 Å². The molecular formula is C56H103NO5. The van der Waals surface area contributed by atoms with Crippen molar-refractivity contribution in [1.82, 2.24) is 5.32 Å². The molecule has 0 fully saturated rings. The third kappa shape index (κ3) is 44.4. The van der Waals surface area contributed by atoms with Crippen molar-refractivity contribution in [3.8, 4) is 0 Å². The number of aliphatic hydroxyl groups excluding tert-OH is 2. The molecule has 0 saturated carbocycles. The predicted molar refractivity (Wildman–Crippen MR) is 269 cm³/mol. The third-order valence-electron chi connectivity index (χ3n) is 12.3. The number of amides is 1. The zero-order valence-electron chi connectivity index (χ0n) is 41.3. The van der Waals surface area contributed by atoms with E-state index in [1.807, 2.05) is 24.3 Å². The number of allylic oxidation sites excluding steroid dienone is 8. The van der Waals surface area contributed by atoms with Crippen LogP contribution in [-0.2, 0) is 14.3 Å². The highest BCUT2D eigenvalue weighted by molar-refractivity contribution is 5.77. The number of hydrogen-bond donors (Lipinski definition) is 3. The number of nitrogens with one attached hydrogen (secondary N) is 1. The van der Waals surface area contributed by atoms with Crippen molar-refractivity contribution in [1.29, 1.82) is 0 Å². The summed E-state index contributed by atoms with van der Waals surface area (Å²) in [6.45, 7) is 6.36. The van der Waals surface area contributed by atoms with Gasteiger partial charge in [-0.15, -0.1) is 0 Å². The maximum absolute atomic E-state index is 13.2. The van der Waals surface area contributed by atoms with Crippen molar-refractivity contribution >= 4 is 11.9 Å². The molecule has 3 unspecified atom stereocenters. The monoisotopic (exact) mass is 870 g/mol. The van der Waals surface area contributed by atoms with Gasteiger partial charge < -0.3 is 20.3 Å². The number of rotatable bonds is 48. The van der Waals surface area contributed by atoms with E-state index in [0.29, 0.717) is 19.3 Å². The van der Waals surface area contributed by atoms with E-state index in [1.165, 1.54) is 161 Å². The van der Waals surface area contributed by atoms with Crippen LogP contribution in [0.2, 0.25) is 0 Å². The Morgan fingerprint density at radius 2 is 0.871 bits per heavy atom. The molecule has 0 saturated heterocycles. The first-order valence-corrected chi connectivity index (χ1v) is 26.9. The molecule has 6 nitrogen and oxygen atoms in total. The zero-order chi connectivity index (χ0) is 45.2. The third-order valence-corrected chi connectivity index (χ3v) is 12.3. The molecule has 362 valence electrons. The number of esters is 1. The molecule has 0 bridgehead atoms. The van der Waals surface area contributed by atoms with Gasteiger partial charge in [-0.3, -0.25) is 9.59 Å². The first-order valence-electron chi connectivity index (χ1n) is 26.9. The summed E-state index contributed by atoms with van der Waals surface area (Å²) in [6, 6.07) is -0.708. The Morgan fingerprint density at radius 1 is 0.484 bits per heavy atom. The molecule has 3 atom stereocenters. The standard InChI is InChI=1S/C56H103NO5/c1-4-7-10-13-16-19-22-25-26-27-28-31-32-35-38-41-44-47-52(62-56(61)49-46-43-40-37-34-30-24-21-18-15-12-9-6-3)50-55(60)57-53(51-58)54(59)48-45-42-39-36-33-29-23-20-17-14-11-8-5-2/h9,12,15,18,21,24,30,34,52-54,58-59H,4-8,10-11,13-14,16-17,19-20,22-23,25-29,31-33,35-51H2,1-3H3,(H,57,60)/b12-9+,18-15+,24-21-,34-30-. The Bertz CT molecular complexity index is 1070. The second kappa shape index (κ2) is 49.8. The van der Waals surface area contributed by atoms with Crippen LogP contribution in [0.15, 0.2) is 48.6 Å². The highest BCUT2D eigenvalue weighted by Gasteiger charge is 2.24. The first-order chi connectivity index (χ1) is 30.5. The molecule has 6 heteroatoms. The molecular weight excluding hydrogens is 767 g/mol. The molecule has 1 amide bonds. The number of carbonyl (C=O) groups excluding carboxylic acids is 2. The number of aliphatic hydroxyl groups is 2. The van der Waals surface area contributed by atoms with E-state index >= 15 is 0 Å². The van der Waals surface area contributed by atoms with Gasteiger partial charge in [-0.25, -0.2) is 0 Å². The van der Waals surface area contributed by atoms with Crippen molar-refractivity contribution in [2.75, 3.05) is 6.61 Å². The summed E-state index contributed by atoms with van der Waals surface area (Å²) in [6.07, 6.45) is 60.3. The summed E-state index contributed by atoms with van der Waals surface area (Å²) < 4.78 is 5.93. The normalized spacial score (nSPS) is 13.6. The fraction of sp³-hybridized carbons (Fsp3) is 0.821. The molecule has 0 heterocycles. The van der Waals surface area contributed by atoms with Crippen molar-refractivity contribution in [3.63, 3.8) is 0 Å².